The summed E-state index contributed by atoms with van der Waals surface area (Å²) in [6.07, 6.45) is 13.9. The molecule has 2 aliphatic carbocycles. The monoisotopic (exact) mass is 265 g/mol. The molecule has 108 valence electrons. The van der Waals surface area contributed by atoms with E-state index in [-0.39, 0.29) is 12.0 Å². The zero-order valence-electron chi connectivity index (χ0n) is 11.8. The van der Waals surface area contributed by atoms with Gasteiger partial charge in [-0.25, -0.2) is 0 Å². The number of hydrogen-bond donors (Lipinski definition) is 2. The minimum absolute atomic E-state index is 0.162. The third kappa shape index (κ3) is 4.66. The van der Waals surface area contributed by atoms with Crippen molar-refractivity contribution in [3.8, 4) is 0 Å². The molecule has 1 unspecified atom stereocenters. The van der Waals surface area contributed by atoms with Gasteiger partial charge in [0.15, 0.2) is 0 Å². The lowest BCUT2D eigenvalue weighted by molar-refractivity contribution is 0.0936. The normalized spacial score (nSPS) is 26.0. The number of nitrogens with two attached hydrogens (primary N) is 1. The van der Waals surface area contributed by atoms with Crippen molar-refractivity contribution in [3.05, 3.63) is 24.0 Å². The Balaban J connectivity index is 1.74. The van der Waals surface area contributed by atoms with E-state index >= 15 is 0 Å². The van der Waals surface area contributed by atoms with Crippen LogP contribution in [0.3, 0.4) is 0 Å². The standard InChI is InChI=1S/C16H27NO2/c17-10-9-16(18)14-7-4-8-15(11-14)19-12-13-5-2-1-3-6-13/h4,7-8,13-14,16,18H,1-3,5-6,9-12,17H2/t14?,16-/m1/s1. The Bertz CT molecular complexity index is 319. The smallest absolute Gasteiger partial charge is 0.0966 e. The second-order valence-corrected chi connectivity index (χ2v) is 5.85. The molecule has 2 aliphatic rings. The summed E-state index contributed by atoms with van der Waals surface area (Å²) in [6.45, 7) is 1.38. The minimum Gasteiger partial charge on any atom is -0.498 e. The Morgan fingerprint density at radius 2 is 2.11 bits per heavy atom. The molecule has 0 saturated heterocycles. The summed E-state index contributed by atoms with van der Waals surface area (Å²) in [5, 5.41) is 9.99. The molecule has 0 radical (unpaired) electrons. The molecule has 3 heteroatoms. The van der Waals surface area contributed by atoms with Crippen molar-refractivity contribution in [3.63, 3.8) is 0 Å². The molecule has 2 atom stereocenters. The summed E-state index contributed by atoms with van der Waals surface area (Å²) in [6, 6.07) is 0. The van der Waals surface area contributed by atoms with Gasteiger partial charge in [0.25, 0.3) is 0 Å². The molecule has 3 N–H and O–H groups in total. The van der Waals surface area contributed by atoms with Gasteiger partial charge in [-0.3, -0.25) is 0 Å². The van der Waals surface area contributed by atoms with Crippen LogP contribution >= 0.6 is 0 Å². The Labute approximate surface area is 116 Å². The topological polar surface area (TPSA) is 55.5 Å². The average molecular weight is 265 g/mol. The van der Waals surface area contributed by atoms with E-state index in [9.17, 15) is 5.11 Å². The Morgan fingerprint density at radius 3 is 2.84 bits per heavy atom. The highest BCUT2D eigenvalue weighted by atomic mass is 16.5. The highest BCUT2D eigenvalue weighted by Gasteiger charge is 2.21. The first kappa shape index (κ1) is 14.6. The summed E-state index contributed by atoms with van der Waals surface area (Å²) >= 11 is 0. The molecular formula is C16H27NO2. The fourth-order valence-corrected chi connectivity index (χ4v) is 3.01. The summed E-state index contributed by atoms with van der Waals surface area (Å²) in [5.41, 5.74) is 5.50. The molecule has 2 rings (SSSR count). The third-order valence-corrected chi connectivity index (χ3v) is 4.26. The van der Waals surface area contributed by atoms with E-state index in [0.717, 1.165) is 24.7 Å². The van der Waals surface area contributed by atoms with Crippen molar-refractivity contribution in [2.75, 3.05) is 13.2 Å². The third-order valence-electron chi connectivity index (χ3n) is 4.26. The highest BCUT2D eigenvalue weighted by Crippen LogP contribution is 2.27. The summed E-state index contributed by atoms with van der Waals surface area (Å²) < 4.78 is 5.95. The predicted molar refractivity (Wildman–Crippen MR) is 77.5 cm³/mol. The van der Waals surface area contributed by atoms with Crippen molar-refractivity contribution in [1.29, 1.82) is 0 Å². The van der Waals surface area contributed by atoms with Crippen LogP contribution in [0.5, 0.6) is 0 Å². The summed E-state index contributed by atoms with van der Waals surface area (Å²) in [4.78, 5) is 0. The molecule has 0 heterocycles. The molecule has 3 nitrogen and oxygen atoms in total. The Kier molecular flexibility index (Phi) is 5.93. The van der Waals surface area contributed by atoms with Crippen molar-refractivity contribution < 1.29 is 9.84 Å². The molecule has 0 bridgehead atoms. The fourth-order valence-electron chi connectivity index (χ4n) is 3.01. The maximum Gasteiger partial charge on any atom is 0.0966 e. The fraction of sp³-hybridized carbons (Fsp3) is 0.750. The molecular weight excluding hydrogens is 238 g/mol. The van der Waals surface area contributed by atoms with Crippen LogP contribution in [0.4, 0.5) is 0 Å². The van der Waals surface area contributed by atoms with E-state index in [1.807, 2.05) is 12.2 Å². The quantitative estimate of drug-likeness (QED) is 0.776. The number of hydrogen-bond acceptors (Lipinski definition) is 3. The van der Waals surface area contributed by atoms with Gasteiger partial charge in [-0.05, 0) is 37.8 Å². The van der Waals surface area contributed by atoms with Crippen LogP contribution in [0.15, 0.2) is 24.0 Å². The van der Waals surface area contributed by atoms with Crippen molar-refractivity contribution in [2.45, 2.75) is 51.0 Å². The van der Waals surface area contributed by atoms with Gasteiger partial charge < -0.3 is 15.6 Å². The molecule has 0 aromatic carbocycles. The minimum atomic E-state index is -0.344. The van der Waals surface area contributed by atoms with Gasteiger partial charge in [-0.1, -0.05) is 31.4 Å². The van der Waals surface area contributed by atoms with Crippen LogP contribution in [0, 0.1) is 11.8 Å². The Hall–Kier alpha value is -0.800. The molecule has 0 aromatic rings. The van der Waals surface area contributed by atoms with Crippen molar-refractivity contribution in [1.82, 2.24) is 0 Å². The van der Waals surface area contributed by atoms with Crippen LogP contribution in [0.1, 0.15) is 44.9 Å². The number of aliphatic hydroxyl groups excluding tert-OH is 1. The Morgan fingerprint density at radius 1 is 1.32 bits per heavy atom. The van der Waals surface area contributed by atoms with E-state index in [1.165, 1.54) is 32.1 Å². The first-order valence-electron chi connectivity index (χ1n) is 7.68. The first-order chi connectivity index (χ1) is 9.29. The molecule has 0 aliphatic heterocycles. The zero-order chi connectivity index (χ0) is 13.5. The van der Waals surface area contributed by atoms with Gasteiger partial charge in [0, 0.05) is 12.3 Å². The molecule has 0 spiro atoms. The van der Waals surface area contributed by atoms with Crippen molar-refractivity contribution in [2.24, 2.45) is 17.6 Å². The lowest BCUT2D eigenvalue weighted by atomic mass is 9.89. The van der Waals surface area contributed by atoms with E-state index in [2.05, 4.69) is 6.08 Å². The van der Waals surface area contributed by atoms with Gasteiger partial charge in [0.2, 0.25) is 0 Å². The van der Waals surface area contributed by atoms with Gasteiger partial charge in [-0.15, -0.1) is 0 Å². The lowest BCUT2D eigenvalue weighted by Gasteiger charge is -2.26. The van der Waals surface area contributed by atoms with Gasteiger partial charge in [0.05, 0.1) is 18.5 Å². The maximum absolute atomic E-state index is 9.99. The first-order valence-corrected chi connectivity index (χ1v) is 7.68. The van der Waals surface area contributed by atoms with Gasteiger partial charge in [-0.2, -0.15) is 0 Å². The number of allylic oxidation sites excluding steroid dienone is 3. The summed E-state index contributed by atoms with van der Waals surface area (Å²) in [5.74, 6) is 1.91. The van der Waals surface area contributed by atoms with Gasteiger partial charge in [0.1, 0.15) is 0 Å². The van der Waals surface area contributed by atoms with Crippen LogP contribution in [0.2, 0.25) is 0 Å². The van der Waals surface area contributed by atoms with Crippen molar-refractivity contribution >= 4 is 0 Å². The van der Waals surface area contributed by atoms with E-state index in [1.54, 1.807) is 0 Å². The second kappa shape index (κ2) is 7.71. The van der Waals surface area contributed by atoms with Crippen LogP contribution in [-0.2, 0) is 4.74 Å². The molecule has 0 aromatic heterocycles. The SMILES string of the molecule is NCC[C@@H](O)C1C=CC=C(OCC2CCCCC2)C1. The zero-order valence-corrected chi connectivity index (χ0v) is 11.8. The van der Waals surface area contributed by atoms with Crippen LogP contribution in [0.25, 0.3) is 0 Å². The number of rotatable bonds is 6. The predicted octanol–water partition coefficient (Wildman–Crippen LogP) is 2.75. The van der Waals surface area contributed by atoms with Gasteiger partial charge >= 0.3 is 0 Å². The maximum atomic E-state index is 9.99. The lowest BCUT2D eigenvalue weighted by Crippen LogP contribution is -2.24. The number of aliphatic hydroxyl groups is 1. The van der Waals surface area contributed by atoms with E-state index in [4.69, 9.17) is 10.5 Å². The molecule has 1 saturated carbocycles. The van der Waals surface area contributed by atoms with Crippen LogP contribution < -0.4 is 5.73 Å². The summed E-state index contributed by atoms with van der Waals surface area (Å²) in [7, 11) is 0. The molecule has 19 heavy (non-hydrogen) atoms. The molecule has 0 amide bonds. The largest absolute Gasteiger partial charge is 0.498 e. The second-order valence-electron chi connectivity index (χ2n) is 5.85. The van der Waals surface area contributed by atoms with E-state index < -0.39 is 0 Å². The highest BCUT2D eigenvalue weighted by molar-refractivity contribution is 5.16. The number of ether oxygens (including phenoxy) is 1. The van der Waals surface area contributed by atoms with Crippen LogP contribution in [-0.4, -0.2) is 24.4 Å². The average Bonchev–Trinajstić information content (AvgIpc) is 2.47. The van der Waals surface area contributed by atoms with E-state index in [0.29, 0.717) is 13.0 Å². The molecule has 1 fully saturated rings.